The number of likely N-dealkylation sites (tertiary alicyclic amines) is 1. The summed E-state index contributed by atoms with van der Waals surface area (Å²) in [6.45, 7) is 7.49. The van der Waals surface area contributed by atoms with Crippen molar-refractivity contribution >= 4 is 23.2 Å². The smallest absolute Gasteiger partial charge is 0.271 e. The highest BCUT2D eigenvalue weighted by Crippen LogP contribution is 2.34. The van der Waals surface area contributed by atoms with Crippen molar-refractivity contribution in [2.75, 3.05) is 26.2 Å². The van der Waals surface area contributed by atoms with Gasteiger partial charge in [-0.1, -0.05) is 12.1 Å². The Kier molecular flexibility index (Phi) is 5.83. The Morgan fingerprint density at radius 2 is 1.91 bits per heavy atom. The molecule has 0 spiro atoms. The Balaban J connectivity index is 1.59. The minimum atomic E-state index is -1.01. The quantitative estimate of drug-likeness (QED) is 0.545. The lowest BCUT2D eigenvalue weighted by Crippen LogP contribution is -2.62. The van der Waals surface area contributed by atoms with E-state index in [1.54, 1.807) is 40.9 Å². The molecule has 9 heteroatoms. The maximum Gasteiger partial charge on any atom is 0.271 e. The molecule has 7 nitrogen and oxygen atoms in total. The molecule has 1 aromatic carbocycles. The SMILES string of the molecule is CCN1C[C@@](C)(C(=O)N2CCC2)n2cc(-c3ncc(Cc4ccc(F)cc4)s3)c(=O)c(C)c2C1=O. The Morgan fingerprint density at radius 1 is 1.20 bits per heavy atom. The molecule has 182 valence electrons. The number of amides is 2. The molecule has 0 saturated carbocycles. The van der Waals surface area contributed by atoms with E-state index >= 15 is 0 Å². The number of nitrogens with zero attached hydrogens (tertiary/aromatic N) is 4. The number of rotatable bonds is 5. The number of hydrogen-bond donors (Lipinski definition) is 0. The first-order valence-electron chi connectivity index (χ1n) is 11.8. The predicted molar refractivity (Wildman–Crippen MR) is 132 cm³/mol. The lowest BCUT2D eigenvalue weighted by molar-refractivity contribution is -0.145. The molecule has 0 unspecified atom stereocenters. The average molecular weight is 495 g/mol. The normalized spacial score (nSPS) is 19.5. The number of pyridine rings is 1. The highest BCUT2D eigenvalue weighted by atomic mass is 32.1. The molecule has 2 aromatic heterocycles. The molecule has 0 aliphatic carbocycles. The van der Waals surface area contributed by atoms with E-state index in [0.29, 0.717) is 42.2 Å². The van der Waals surface area contributed by atoms with Gasteiger partial charge < -0.3 is 14.4 Å². The van der Waals surface area contributed by atoms with Crippen LogP contribution in [-0.4, -0.2) is 57.3 Å². The molecule has 2 aliphatic heterocycles. The monoisotopic (exact) mass is 494 g/mol. The first-order chi connectivity index (χ1) is 16.7. The average Bonchev–Trinajstić information content (AvgIpc) is 3.26. The van der Waals surface area contributed by atoms with E-state index in [9.17, 15) is 18.8 Å². The van der Waals surface area contributed by atoms with Crippen molar-refractivity contribution in [2.24, 2.45) is 0 Å². The van der Waals surface area contributed by atoms with Crippen molar-refractivity contribution in [3.63, 3.8) is 0 Å². The lowest BCUT2D eigenvalue weighted by atomic mass is 9.91. The maximum absolute atomic E-state index is 13.6. The van der Waals surface area contributed by atoms with Crippen LogP contribution in [0.25, 0.3) is 10.6 Å². The minimum absolute atomic E-state index is 0.0407. The van der Waals surface area contributed by atoms with Crippen molar-refractivity contribution < 1.29 is 14.0 Å². The fraction of sp³-hybridized carbons (Fsp3) is 0.385. The van der Waals surface area contributed by atoms with Gasteiger partial charge in [-0.3, -0.25) is 14.4 Å². The van der Waals surface area contributed by atoms with E-state index in [1.807, 2.05) is 18.7 Å². The molecular formula is C26H27FN4O3S. The summed E-state index contributed by atoms with van der Waals surface area (Å²) in [5, 5.41) is 0.537. The molecule has 0 N–H and O–H groups in total. The summed E-state index contributed by atoms with van der Waals surface area (Å²) in [6.07, 6.45) is 4.90. The van der Waals surface area contributed by atoms with Crippen LogP contribution in [0, 0.1) is 12.7 Å². The van der Waals surface area contributed by atoms with Crippen molar-refractivity contribution in [3.05, 3.63) is 74.4 Å². The molecule has 0 bridgehead atoms. The molecule has 1 fully saturated rings. The van der Waals surface area contributed by atoms with Gasteiger partial charge in [0.25, 0.3) is 5.91 Å². The summed E-state index contributed by atoms with van der Waals surface area (Å²) < 4.78 is 15.0. The molecule has 5 rings (SSSR count). The first kappa shape index (κ1) is 23.4. The number of fused-ring (bicyclic) bond motifs is 1. The third kappa shape index (κ3) is 3.87. The fourth-order valence-corrected chi connectivity index (χ4v) is 5.77. The van der Waals surface area contributed by atoms with E-state index in [2.05, 4.69) is 4.98 Å². The van der Waals surface area contributed by atoms with Crippen LogP contribution in [0.3, 0.4) is 0 Å². The second-order valence-corrected chi connectivity index (χ2v) is 10.5. The molecule has 3 aromatic rings. The van der Waals surface area contributed by atoms with Gasteiger partial charge in [0.1, 0.15) is 22.1 Å². The van der Waals surface area contributed by atoms with E-state index in [1.165, 1.54) is 23.5 Å². The first-order valence-corrected chi connectivity index (χ1v) is 12.6. The van der Waals surface area contributed by atoms with E-state index in [4.69, 9.17) is 0 Å². The topological polar surface area (TPSA) is 75.5 Å². The summed E-state index contributed by atoms with van der Waals surface area (Å²) in [5.74, 6) is -0.567. The molecular weight excluding hydrogens is 467 g/mol. The minimum Gasteiger partial charge on any atom is -0.340 e. The molecule has 2 amide bonds. The van der Waals surface area contributed by atoms with E-state index < -0.39 is 5.54 Å². The van der Waals surface area contributed by atoms with Crippen LogP contribution in [-0.2, 0) is 16.8 Å². The number of thiazole rings is 1. The standard InChI is InChI=1S/C26H27FN4O3S/c1-4-29-15-26(3,25(34)30-10-5-11-30)31-14-20(22(32)16(2)21(31)24(29)33)23-28-13-19(35-23)12-17-6-8-18(27)9-7-17/h6-9,13-14H,4-5,10-12,15H2,1-3H3/t26-/m0/s1. The molecule has 35 heavy (non-hydrogen) atoms. The Labute approximate surface area is 206 Å². The van der Waals surface area contributed by atoms with Crippen molar-refractivity contribution in [3.8, 4) is 10.6 Å². The Hall–Kier alpha value is -3.33. The van der Waals surface area contributed by atoms with Gasteiger partial charge in [0.2, 0.25) is 5.91 Å². The molecule has 4 heterocycles. The molecule has 1 saturated heterocycles. The highest BCUT2D eigenvalue weighted by Gasteiger charge is 2.47. The van der Waals surface area contributed by atoms with E-state index in [-0.39, 0.29) is 35.3 Å². The van der Waals surface area contributed by atoms with Gasteiger partial charge >= 0.3 is 0 Å². The number of carbonyl (C=O) groups excluding carboxylic acids is 2. The lowest BCUT2D eigenvalue weighted by Gasteiger charge is -2.46. The molecule has 1 atom stereocenters. The van der Waals surface area contributed by atoms with Crippen molar-refractivity contribution in [2.45, 2.75) is 39.2 Å². The van der Waals surface area contributed by atoms with Crippen LogP contribution in [0.5, 0.6) is 0 Å². The van der Waals surface area contributed by atoms with Crippen LogP contribution < -0.4 is 5.43 Å². The van der Waals surface area contributed by atoms with Gasteiger partial charge in [-0.25, -0.2) is 9.37 Å². The number of benzene rings is 1. The third-order valence-corrected chi connectivity index (χ3v) is 8.05. The van der Waals surface area contributed by atoms with Gasteiger partial charge in [0, 0.05) is 48.9 Å². The summed E-state index contributed by atoms with van der Waals surface area (Å²) in [4.78, 5) is 49.1. The summed E-state index contributed by atoms with van der Waals surface area (Å²) in [7, 11) is 0. The molecule has 2 aliphatic rings. The summed E-state index contributed by atoms with van der Waals surface area (Å²) >= 11 is 1.39. The number of likely N-dealkylation sites (N-methyl/N-ethyl adjacent to an activating group) is 1. The Morgan fingerprint density at radius 3 is 2.54 bits per heavy atom. The number of carbonyl (C=O) groups is 2. The number of hydrogen-bond acceptors (Lipinski definition) is 5. The zero-order valence-corrected chi connectivity index (χ0v) is 20.8. The van der Waals surface area contributed by atoms with Crippen molar-refractivity contribution in [1.29, 1.82) is 0 Å². The van der Waals surface area contributed by atoms with Gasteiger partial charge in [-0.2, -0.15) is 0 Å². The highest BCUT2D eigenvalue weighted by molar-refractivity contribution is 7.15. The summed E-state index contributed by atoms with van der Waals surface area (Å²) in [5.41, 5.74) is 0.639. The zero-order chi connectivity index (χ0) is 24.9. The third-order valence-electron chi connectivity index (χ3n) is 7.02. The Bertz CT molecular complexity index is 1380. The maximum atomic E-state index is 13.6. The van der Waals surface area contributed by atoms with Crippen LogP contribution in [0.4, 0.5) is 4.39 Å². The van der Waals surface area contributed by atoms with Crippen LogP contribution >= 0.6 is 11.3 Å². The molecule has 0 radical (unpaired) electrons. The van der Waals surface area contributed by atoms with Crippen molar-refractivity contribution in [1.82, 2.24) is 19.4 Å². The van der Waals surface area contributed by atoms with Gasteiger partial charge in [-0.05, 0) is 44.9 Å². The second kappa shape index (κ2) is 8.71. The van der Waals surface area contributed by atoms with Gasteiger partial charge in [-0.15, -0.1) is 11.3 Å². The van der Waals surface area contributed by atoms with Crippen LogP contribution in [0.15, 0.2) is 41.5 Å². The van der Waals surface area contributed by atoms with Crippen LogP contribution in [0.1, 0.15) is 46.8 Å². The largest absolute Gasteiger partial charge is 0.340 e. The van der Waals surface area contributed by atoms with E-state index in [0.717, 1.165) is 16.9 Å². The fourth-order valence-electron chi connectivity index (χ4n) is 4.82. The second-order valence-electron chi connectivity index (χ2n) is 9.39. The predicted octanol–water partition coefficient (Wildman–Crippen LogP) is 3.43. The number of aromatic nitrogens is 2. The zero-order valence-electron chi connectivity index (χ0n) is 20.0. The van der Waals surface area contributed by atoms with Gasteiger partial charge in [0.15, 0.2) is 5.43 Å². The summed E-state index contributed by atoms with van der Waals surface area (Å²) in [6, 6.07) is 6.29. The number of halogens is 1. The van der Waals surface area contributed by atoms with Gasteiger partial charge in [0.05, 0.1) is 12.1 Å². The van der Waals surface area contributed by atoms with Crippen LogP contribution in [0.2, 0.25) is 0 Å².